The van der Waals surface area contributed by atoms with Crippen LogP contribution in [-0.4, -0.2) is 9.97 Å². The van der Waals surface area contributed by atoms with Crippen molar-refractivity contribution in [1.29, 1.82) is 0 Å². The molecule has 1 heterocycles. The van der Waals surface area contributed by atoms with Gasteiger partial charge in [0.05, 0.1) is 0 Å². The zero-order chi connectivity index (χ0) is 15.8. The van der Waals surface area contributed by atoms with Crippen LogP contribution >= 0.6 is 15.9 Å². The number of benzene rings is 1. The van der Waals surface area contributed by atoms with Gasteiger partial charge in [-0.3, -0.25) is 0 Å². The van der Waals surface area contributed by atoms with Crippen LogP contribution in [0.15, 0.2) is 22.7 Å². The summed E-state index contributed by atoms with van der Waals surface area (Å²) in [5.74, 6) is 2.01. The van der Waals surface area contributed by atoms with Crippen LogP contribution in [0.1, 0.15) is 37.7 Å². The lowest BCUT2D eigenvalue weighted by molar-refractivity contribution is 0.546. The van der Waals surface area contributed by atoms with Crippen LogP contribution in [-0.2, 0) is 5.41 Å². The quantitative estimate of drug-likeness (QED) is 0.839. The summed E-state index contributed by atoms with van der Waals surface area (Å²) in [6.45, 7) is 10.2. The Kier molecular flexibility index (Phi) is 4.23. The molecule has 21 heavy (non-hydrogen) atoms. The predicted octanol–water partition coefficient (Wildman–Crippen LogP) is 4.48. The smallest absolute Gasteiger partial charge is 0.139 e. The van der Waals surface area contributed by atoms with Crippen molar-refractivity contribution in [2.24, 2.45) is 0 Å². The lowest BCUT2D eigenvalue weighted by atomic mass is 9.95. The van der Waals surface area contributed by atoms with Crippen LogP contribution < -0.4 is 11.1 Å². The molecule has 0 unspecified atom stereocenters. The molecule has 0 aliphatic rings. The molecule has 0 saturated carbocycles. The molecule has 0 aliphatic carbocycles. The zero-order valence-electron chi connectivity index (χ0n) is 13.1. The summed E-state index contributed by atoms with van der Waals surface area (Å²) < 4.78 is 1.02. The average Bonchev–Trinajstić information content (AvgIpc) is 2.37. The summed E-state index contributed by atoms with van der Waals surface area (Å²) in [4.78, 5) is 9.06. The Hall–Kier alpha value is -1.62. The number of nitrogens with zero attached hydrogens (tertiary/aromatic N) is 2. The number of anilines is 3. The normalized spacial score (nSPS) is 11.5. The van der Waals surface area contributed by atoms with E-state index in [0.717, 1.165) is 32.9 Å². The number of halogens is 1. The Labute approximate surface area is 134 Å². The van der Waals surface area contributed by atoms with E-state index < -0.39 is 0 Å². The zero-order valence-corrected chi connectivity index (χ0v) is 14.7. The van der Waals surface area contributed by atoms with Gasteiger partial charge in [-0.05, 0) is 31.5 Å². The first-order valence-corrected chi connectivity index (χ1v) is 7.65. The molecule has 1 aromatic carbocycles. The van der Waals surface area contributed by atoms with Crippen LogP contribution in [0.4, 0.5) is 17.3 Å². The Morgan fingerprint density at radius 3 is 2.43 bits per heavy atom. The van der Waals surface area contributed by atoms with Crippen molar-refractivity contribution in [3.8, 4) is 0 Å². The van der Waals surface area contributed by atoms with E-state index in [2.05, 4.69) is 65.0 Å². The second kappa shape index (κ2) is 5.64. The van der Waals surface area contributed by atoms with E-state index in [1.807, 2.05) is 19.1 Å². The number of nitrogens with two attached hydrogens (primary N) is 1. The van der Waals surface area contributed by atoms with E-state index in [9.17, 15) is 0 Å². The first kappa shape index (κ1) is 15.8. The molecule has 0 saturated heterocycles. The van der Waals surface area contributed by atoms with Gasteiger partial charge in [0, 0.05) is 21.1 Å². The van der Waals surface area contributed by atoms with Gasteiger partial charge < -0.3 is 11.1 Å². The van der Waals surface area contributed by atoms with Gasteiger partial charge in [-0.2, -0.15) is 0 Å². The highest BCUT2D eigenvalue weighted by Crippen LogP contribution is 2.29. The molecule has 2 aromatic rings. The Morgan fingerprint density at radius 2 is 1.81 bits per heavy atom. The highest BCUT2D eigenvalue weighted by Gasteiger charge is 2.20. The maximum Gasteiger partial charge on any atom is 0.139 e. The van der Waals surface area contributed by atoms with Crippen LogP contribution in [0.5, 0.6) is 0 Å². The van der Waals surface area contributed by atoms with Crippen LogP contribution in [0.25, 0.3) is 0 Å². The molecule has 0 bridgehead atoms. The topological polar surface area (TPSA) is 63.8 Å². The van der Waals surface area contributed by atoms with Crippen molar-refractivity contribution in [2.75, 3.05) is 11.1 Å². The molecule has 0 atom stereocenters. The SMILES string of the molecule is Cc1ccc(Br)cc1Nc1nc(C(C)(C)C)nc(N)c1C. The average molecular weight is 349 g/mol. The summed E-state index contributed by atoms with van der Waals surface area (Å²) in [5.41, 5.74) is 8.90. The summed E-state index contributed by atoms with van der Waals surface area (Å²) in [6.07, 6.45) is 0. The molecule has 0 fully saturated rings. The van der Waals surface area contributed by atoms with Gasteiger partial charge in [-0.15, -0.1) is 0 Å². The van der Waals surface area contributed by atoms with Crippen LogP contribution in [0.2, 0.25) is 0 Å². The summed E-state index contributed by atoms with van der Waals surface area (Å²) in [7, 11) is 0. The van der Waals surface area contributed by atoms with E-state index in [4.69, 9.17) is 5.73 Å². The third kappa shape index (κ3) is 3.53. The van der Waals surface area contributed by atoms with E-state index >= 15 is 0 Å². The second-order valence-electron chi connectivity index (χ2n) is 6.24. The van der Waals surface area contributed by atoms with E-state index in [-0.39, 0.29) is 5.41 Å². The number of aryl methyl sites for hydroxylation is 1. The summed E-state index contributed by atoms with van der Waals surface area (Å²) in [5, 5.41) is 3.37. The van der Waals surface area contributed by atoms with Gasteiger partial charge in [-0.25, -0.2) is 9.97 Å². The minimum atomic E-state index is -0.148. The fourth-order valence-corrected chi connectivity index (χ4v) is 2.21. The van der Waals surface area contributed by atoms with Crippen LogP contribution in [0.3, 0.4) is 0 Å². The van der Waals surface area contributed by atoms with Crippen LogP contribution in [0, 0.1) is 13.8 Å². The van der Waals surface area contributed by atoms with Crippen molar-refractivity contribution in [1.82, 2.24) is 9.97 Å². The monoisotopic (exact) mass is 348 g/mol. The number of hydrogen-bond donors (Lipinski definition) is 2. The molecule has 2 rings (SSSR count). The van der Waals surface area contributed by atoms with E-state index in [0.29, 0.717) is 5.82 Å². The van der Waals surface area contributed by atoms with Gasteiger partial charge in [0.25, 0.3) is 0 Å². The molecule has 4 nitrogen and oxygen atoms in total. The molecule has 1 aromatic heterocycles. The Balaban J connectivity index is 2.49. The third-order valence-corrected chi connectivity index (χ3v) is 3.80. The lowest BCUT2D eigenvalue weighted by Crippen LogP contribution is -2.19. The number of aromatic nitrogens is 2. The van der Waals surface area contributed by atoms with Crippen molar-refractivity contribution >= 4 is 33.3 Å². The molecule has 5 heteroatoms. The highest BCUT2D eigenvalue weighted by atomic mass is 79.9. The number of hydrogen-bond acceptors (Lipinski definition) is 4. The second-order valence-corrected chi connectivity index (χ2v) is 7.16. The molecule has 0 aliphatic heterocycles. The molecule has 3 N–H and O–H groups in total. The fraction of sp³-hybridized carbons (Fsp3) is 0.375. The van der Waals surface area contributed by atoms with Gasteiger partial charge in [-0.1, -0.05) is 42.8 Å². The van der Waals surface area contributed by atoms with Gasteiger partial charge in [0.1, 0.15) is 17.5 Å². The van der Waals surface area contributed by atoms with Gasteiger partial charge in [0.15, 0.2) is 0 Å². The van der Waals surface area contributed by atoms with Crippen molar-refractivity contribution in [3.63, 3.8) is 0 Å². The standard InChI is InChI=1S/C16H21BrN4/c1-9-6-7-11(17)8-12(9)19-14-10(2)13(18)20-15(21-14)16(3,4)5/h6-8H,1-5H3,(H3,18,19,20,21). The first-order chi connectivity index (χ1) is 9.68. The van der Waals surface area contributed by atoms with E-state index in [1.54, 1.807) is 0 Å². The summed E-state index contributed by atoms with van der Waals surface area (Å²) >= 11 is 3.49. The molecular formula is C16H21BrN4. The molecule has 0 radical (unpaired) electrons. The molecular weight excluding hydrogens is 328 g/mol. The minimum Gasteiger partial charge on any atom is -0.383 e. The maximum atomic E-state index is 6.04. The molecule has 0 spiro atoms. The highest BCUT2D eigenvalue weighted by molar-refractivity contribution is 9.10. The molecule has 0 amide bonds. The third-order valence-electron chi connectivity index (χ3n) is 3.31. The minimum absolute atomic E-state index is 0.148. The maximum absolute atomic E-state index is 6.04. The predicted molar refractivity (Wildman–Crippen MR) is 92.0 cm³/mol. The molecule has 112 valence electrons. The Morgan fingerprint density at radius 1 is 1.14 bits per heavy atom. The first-order valence-electron chi connectivity index (χ1n) is 6.86. The fourth-order valence-electron chi connectivity index (χ4n) is 1.85. The van der Waals surface area contributed by atoms with Gasteiger partial charge >= 0.3 is 0 Å². The van der Waals surface area contributed by atoms with Gasteiger partial charge in [0.2, 0.25) is 0 Å². The van der Waals surface area contributed by atoms with E-state index in [1.165, 1.54) is 0 Å². The Bertz CT molecular complexity index is 675. The number of nitrogens with one attached hydrogen (secondary N) is 1. The lowest BCUT2D eigenvalue weighted by Gasteiger charge is -2.20. The summed E-state index contributed by atoms with van der Waals surface area (Å²) in [6, 6.07) is 6.10. The largest absolute Gasteiger partial charge is 0.383 e. The number of rotatable bonds is 2. The van der Waals surface area contributed by atoms with Crippen molar-refractivity contribution in [2.45, 2.75) is 40.0 Å². The van der Waals surface area contributed by atoms with Crippen molar-refractivity contribution < 1.29 is 0 Å². The van der Waals surface area contributed by atoms with Crippen molar-refractivity contribution in [3.05, 3.63) is 39.6 Å². The number of nitrogen functional groups attached to an aromatic ring is 1.